The largest absolute Gasteiger partial charge is 0.396 e. The van der Waals surface area contributed by atoms with Crippen molar-refractivity contribution < 1.29 is 9.84 Å². The van der Waals surface area contributed by atoms with Gasteiger partial charge in [-0.2, -0.15) is 0 Å². The molecule has 0 heterocycles. The molecule has 0 aliphatic carbocycles. The predicted molar refractivity (Wildman–Crippen MR) is 130 cm³/mol. The van der Waals surface area contributed by atoms with Crippen molar-refractivity contribution in [2.45, 2.75) is 86.2 Å². The van der Waals surface area contributed by atoms with Gasteiger partial charge in [0.2, 0.25) is 0 Å². The summed E-state index contributed by atoms with van der Waals surface area (Å²) in [5.41, 5.74) is 5.64. The molecule has 2 heteroatoms. The lowest BCUT2D eigenvalue weighted by Gasteiger charge is -2.26. The molecule has 30 heavy (non-hydrogen) atoms. The third-order valence-corrected chi connectivity index (χ3v) is 5.67. The maximum Gasteiger partial charge on any atom is 0.0521 e. The Labute approximate surface area is 185 Å². The van der Waals surface area contributed by atoms with E-state index in [1.165, 1.54) is 22.3 Å². The number of ether oxygens (including phenoxy) is 1. The summed E-state index contributed by atoms with van der Waals surface area (Å²) in [4.78, 5) is 0. The van der Waals surface area contributed by atoms with E-state index in [4.69, 9.17) is 9.84 Å². The normalized spacial score (nSPS) is 12.1. The summed E-state index contributed by atoms with van der Waals surface area (Å²) in [6.45, 7) is 20.4. The lowest BCUT2D eigenvalue weighted by molar-refractivity contribution is 0.0119. The Morgan fingerprint density at radius 1 is 0.800 bits per heavy atom. The van der Waals surface area contributed by atoms with Gasteiger partial charge in [-0.3, -0.25) is 0 Å². The minimum atomic E-state index is 0.0587. The van der Waals surface area contributed by atoms with Crippen LogP contribution in [0.1, 0.15) is 90.0 Å². The van der Waals surface area contributed by atoms with Crippen molar-refractivity contribution in [1.29, 1.82) is 0 Å². The first-order chi connectivity index (χ1) is 13.9. The summed E-state index contributed by atoms with van der Waals surface area (Å²) < 4.78 is 5.45. The molecular formula is C28H44O2. The van der Waals surface area contributed by atoms with E-state index in [0.717, 1.165) is 13.0 Å². The van der Waals surface area contributed by atoms with Crippen LogP contribution in [0, 0.1) is 12.3 Å². The minimum absolute atomic E-state index is 0.0587. The summed E-state index contributed by atoms with van der Waals surface area (Å²) in [6, 6.07) is 17.9. The molecule has 2 rings (SSSR count). The Kier molecular flexibility index (Phi) is 10.3. The highest BCUT2D eigenvalue weighted by Gasteiger charge is 2.22. The van der Waals surface area contributed by atoms with E-state index in [0.29, 0.717) is 5.92 Å². The number of aliphatic hydroxyl groups is 1. The fraction of sp³-hybridized carbons (Fsp3) is 0.571. The molecule has 2 nitrogen and oxygen atoms in total. The van der Waals surface area contributed by atoms with Crippen molar-refractivity contribution in [3.63, 3.8) is 0 Å². The molecule has 0 amide bonds. The van der Waals surface area contributed by atoms with Crippen LogP contribution >= 0.6 is 0 Å². The van der Waals surface area contributed by atoms with Gasteiger partial charge >= 0.3 is 0 Å². The average Bonchev–Trinajstić information content (AvgIpc) is 2.67. The van der Waals surface area contributed by atoms with Crippen LogP contribution in [-0.4, -0.2) is 24.4 Å². The zero-order valence-electron chi connectivity index (χ0n) is 20.8. The first-order valence-corrected chi connectivity index (χ1v) is 11.3. The number of rotatable bonds is 8. The smallest absolute Gasteiger partial charge is 0.0521 e. The summed E-state index contributed by atoms with van der Waals surface area (Å²) in [5, 5.41) is 8.71. The molecule has 0 aliphatic heterocycles. The average molecular weight is 413 g/mol. The first-order valence-electron chi connectivity index (χ1n) is 11.3. The van der Waals surface area contributed by atoms with Crippen LogP contribution in [0.4, 0.5) is 0 Å². The summed E-state index contributed by atoms with van der Waals surface area (Å²) >= 11 is 0. The Hall–Kier alpha value is -1.64. The van der Waals surface area contributed by atoms with Gasteiger partial charge in [-0.05, 0) is 55.2 Å². The molecule has 0 fully saturated rings. The van der Waals surface area contributed by atoms with Gasteiger partial charge in [0.1, 0.15) is 0 Å². The van der Waals surface area contributed by atoms with Crippen LogP contribution in [0.2, 0.25) is 0 Å². The molecule has 0 spiro atoms. The van der Waals surface area contributed by atoms with Crippen molar-refractivity contribution in [2.75, 3.05) is 13.2 Å². The number of aliphatic hydroxyl groups excluding tert-OH is 1. The van der Waals surface area contributed by atoms with Gasteiger partial charge < -0.3 is 9.84 Å². The predicted octanol–water partition coefficient (Wildman–Crippen LogP) is 7.26. The molecule has 2 aromatic rings. The second-order valence-electron chi connectivity index (χ2n) is 10.3. The van der Waals surface area contributed by atoms with Gasteiger partial charge in [0.15, 0.2) is 0 Å². The van der Waals surface area contributed by atoms with Gasteiger partial charge in [0.25, 0.3) is 0 Å². The molecule has 0 aromatic heterocycles. The molecule has 2 aromatic carbocycles. The minimum Gasteiger partial charge on any atom is -0.396 e. The molecular weight excluding hydrogens is 368 g/mol. The molecule has 0 aliphatic rings. The van der Waals surface area contributed by atoms with Gasteiger partial charge in [-0.1, -0.05) is 95.6 Å². The monoisotopic (exact) mass is 412 g/mol. The zero-order valence-corrected chi connectivity index (χ0v) is 20.8. The summed E-state index contributed by atoms with van der Waals surface area (Å²) in [7, 11) is 0. The zero-order chi connectivity index (χ0) is 22.9. The Bertz CT molecular complexity index is 722. The highest BCUT2D eigenvalue weighted by atomic mass is 16.5. The number of hydrogen-bond acceptors (Lipinski definition) is 2. The van der Waals surface area contributed by atoms with Crippen LogP contribution < -0.4 is 0 Å². The molecule has 0 radical (unpaired) electrons. The second kappa shape index (κ2) is 11.7. The van der Waals surface area contributed by atoms with E-state index in [1.54, 1.807) is 0 Å². The Morgan fingerprint density at radius 3 is 1.67 bits per heavy atom. The second-order valence-corrected chi connectivity index (χ2v) is 10.3. The molecule has 0 atom stereocenters. The van der Waals surface area contributed by atoms with Gasteiger partial charge in [0, 0.05) is 12.0 Å². The van der Waals surface area contributed by atoms with E-state index in [1.807, 2.05) is 13.8 Å². The third-order valence-electron chi connectivity index (χ3n) is 5.67. The number of aryl methyl sites for hydroxylation is 1. The number of hydrogen-bond donors (Lipinski definition) is 1. The Balaban J connectivity index is 0.000000352. The van der Waals surface area contributed by atoms with Crippen LogP contribution in [0.15, 0.2) is 48.5 Å². The van der Waals surface area contributed by atoms with E-state index >= 15 is 0 Å². The lowest BCUT2D eigenvalue weighted by atomic mass is 9.77. The van der Waals surface area contributed by atoms with Gasteiger partial charge in [-0.25, -0.2) is 0 Å². The molecule has 0 unspecified atom stereocenters. The van der Waals surface area contributed by atoms with Crippen LogP contribution in [0.3, 0.4) is 0 Å². The van der Waals surface area contributed by atoms with E-state index < -0.39 is 0 Å². The van der Waals surface area contributed by atoms with Crippen molar-refractivity contribution in [3.8, 4) is 0 Å². The van der Waals surface area contributed by atoms with Crippen LogP contribution in [-0.2, 0) is 10.2 Å². The third kappa shape index (κ3) is 8.62. The number of benzene rings is 2. The van der Waals surface area contributed by atoms with E-state index in [-0.39, 0.29) is 23.5 Å². The summed E-state index contributed by atoms with van der Waals surface area (Å²) in [6.07, 6.45) is 1.09. The molecule has 0 saturated carbocycles. The standard InChI is InChI=1S/C19H24.C9H20O2/c1-14(2)16-8-12-18(13-9-16)19(4,5)17-10-6-15(3)7-11-17;1-8(2)11-7-9(3,4)5-6-10/h6-14H,1-5H3;8,10H,5-7H2,1-4H3. The highest BCUT2D eigenvalue weighted by molar-refractivity contribution is 5.39. The molecule has 0 saturated heterocycles. The quantitative estimate of drug-likeness (QED) is 0.494. The molecule has 1 N–H and O–H groups in total. The van der Waals surface area contributed by atoms with Crippen molar-refractivity contribution >= 4 is 0 Å². The van der Waals surface area contributed by atoms with Crippen LogP contribution in [0.5, 0.6) is 0 Å². The fourth-order valence-corrected chi connectivity index (χ4v) is 3.19. The lowest BCUT2D eigenvalue weighted by Crippen LogP contribution is -2.22. The van der Waals surface area contributed by atoms with E-state index in [9.17, 15) is 0 Å². The van der Waals surface area contributed by atoms with Gasteiger partial charge in [0.05, 0.1) is 12.7 Å². The highest BCUT2D eigenvalue weighted by Crippen LogP contribution is 2.32. The van der Waals surface area contributed by atoms with Crippen molar-refractivity contribution in [3.05, 3.63) is 70.8 Å². The van der Waals surface area contributed by atoms with E-state index in [2.05, 4.69) is 97.0 Å². The molecule has 0 bridgehead atoms. The SMILES string of the molecule is CC(C)OCC(C)(C)CCO.Cc1ccc(C(C)(C)c2ccc(C(C)C)cc2)cc1. The first kappa shape index (κ1) is 26.4. The maximum absolute atomic E-state index is 8.71. The van der Waals surface area contributed by atoms with Crippen molar-refractivity contribution in [1.82, 2.24) is 0 Å². The molecule has 168 valence electrons. The van der Waals surface area contributed by atoms with Crippen LogP contribution in [0.25, 0.3) is 0 Å². The van der Waals surface area contributed by atoms with Gasteiger partial charge in [-0.15, -0.1) is 0 Å². The Morgan fingerprint density at radius 2 is 1.27 bits per heavy atom. The summed E-state index contributed by atoms with van der Waals surface area (Å²) in [5.74, 6) is 0.594. The van der Waals surface area contributed by atoms with Crippen molar-refractivity contribution in [2.24, 2.45) is 5.41 Å². The maximum atomic E-state index is 8.71. The topological polar surface area (TPSA) is 29.5 Å². The fourth-order valence-electron chi connectivity index (χ4n) is 3.19.